The van der Waals surface area contributed by atoms with Crippen molar-refractivity contribution in [3.8, 4) is 0 Å². The summed E-state index contributed by atoms with van der Waals surface area (Å²) in [4.78, 5) is 39.9. The summed E-state index contributed by atoms with van der Waals surface area (Å²) >= 11 is 0. The highest BCUT2D eigenvalue weighted by Crippen LogP contribution is 2.05. The van der Waals surface area contributed by atoms with Crippen LogP contribution in [0.1, 0.15) is 20.3 Å². The van der Waals surface area contributed by atoms with Crippen molar-refractivity contribution in [1.82, 2.24) is 14.7 Å². The van der Waals surface area contributed by atoms with E-state index in [2.05, 4.69) is 0 Å². The fourth-order valence-electron chi connectivity index (χ4n) is 2.29. The lowest BCUT2D eigenvalue weighted by molar-refractivity contribution is -0.139. The summed E-state index contributed by atoms with van der Waals surface area (Å²) in [7, 11) is 1.58. The molecule has 7 nitrogen and oxygen atoms in total. The molecule has 21 heavy (non-hydrogen) atoms. The zero-order valence-electron chi connectivity index (χ0n) is 13.1. The first-order valence-corrected chi connectivity index (χ1v) is 7.23. The van der Waals surface area contributed by atoms with Crippen LogP contribution in [0.25, 0.3) is 0 Å². The molecule has 0 N–H and O–H groups in total. The van der Waals surface area contributed by atoms with Gasteiger partial charge < -0.3 is 19.4 Å². The quantitative estimate of drug-likeness (QED) is 0.667. The van der Waals surface area contributed by atoms with Gasteiger partial charge in [-0.05, 0) is 0 Å². The third-order valence-corrected chi connectivity index (χ3v) is 3.68. The molecule has 0 radical (unpaired) electrons. The monoisotopic (exact) mass is 299 g/mol. The van der Waals surface area contributed by atoms with Crippen molar-refractivity contribution in [1.29, 1.82) is 0 Å². The molecule has 0 aromatic rings. The molecule has 1 aliphatic rings. The van der Waals surface area contributed by atoms with E-state index in [1.165, 1.54) is 13.8 Å². The zero-order chi connectivity index (χ0) is 15.8. The Morgan fingerprint density at radius 2 is 1.57 bits per heavy atom. The summed E-state index contributed by atoms with van der Waals surface area (Å²) < 4.78 is 4.95. The summed E-state index contributed by atoms with van der Waals surface area (Å²) in [5.74, 6) is 0.0209. The Labute approximate surface area is 125 Å². The van der Waals surface area contributed by atoms with Crippen molar-refractivity contribution in [2.75, 3.05) is 53.0 Å². The SMILES string of the molecule is COCCN(CCC(=O)N1CCN(C(C)=O)CC1)C(C)=O. The van der Waals surface area contributed by atoms with E-state index in [0.717, 1.165) is 0 Å². The van der Waals surface area contributed by atoms with E-state index >= 15 is 0 Å². The fourth-order valence-corrected chi connectivity index (χ4v) is 2.29. The summed E-state index contributed by atoms with van der Waals surface area (Å²) in [5.41, 5.74) is 0. The normalized spacial score (nSPS) is 15.0. The van der Waals surface area contributed by atoms with E-state index in [1.54, 1.807) is 21.8 Å². The average Bonchev–Trinajstić information content (AvgIpc) is 2.46. The summed E-state index contributed by atoms with van der Waals surface area (Å²) in [6.07, 6.45) is 0.309. The molecule has 1 saturated heterocycles. The van der Waals surface area contributed by atoms with Crippen molar-refractivity contribution in [2.24, 2.45) is 0 Å². The van der Waals surface area contributed by atoms with Gasteiger partial charge in [-0.1, -0.05) is 0 Å². The Bertz CT molecular complexity index is 378. The van der Waals surface area contributed by atoms with E-state index < -0.39 is 0 Å². The number of methoxy groups -OCH3 is 1. The molecular formula is C14H25N3O4. The predicted molar refractivity (Wildman–Crippen MR) is 77.6 cm³/mol. The predicted octanol–water partition coefficient (Wildman–Crippen LogP) is -0.438. The van der Waals surface area contributed by atoms with Gasteiger partial charge in [-0.25, -0.2) is 0 Å². The Kier molecular flexibility index (Phi) is 7.14. The van der Waals surface area contributed by atoms with Crippen LogP contribution in [-0.4, -0.2) is 85.4 Å². The minimum atomic E-state index is -0.0544. The molecule has 0 aromatic heterocycles. The van der Waals surface area contributed by atoms with Gasteiger partial charge in [-0.2, -0.15) is 0 Å². The maximum atomic E-state index is 12.1. The van der Waals surface area contributed by atoms with Crippen molar-refractivity contribution >= 4 is 17.7 Å². The highest BCUT2D eigenvalue weighted by Gasteiger charge is 2.22. The van der Waals surface area contributed by atoms with Crippen LogP contribution in [0.15, 0.2) is 0 Å². The number of rotatable bonds is 6. The summed E-state index contributed by atoms with van der Waals surface area (Å²) in [5, 5.41) is 0. The fraction of sp³-hybridized carbons (Fsp3) is 0.786. The average molecular weight is 299 g/mol. The molecule has 1 heterocycles. The van der Waals surface area contributed by atoms with Crippen LogP contribution in [-0.2, 0) is 19.1 Å². The van der Waals surface area contributed by atoms with Gasteiger partial charge in [0.25, 0.3) is 0 Å². The molecule has 3 amide bonds. The first kappa shape index (κ1) is 17.4. The van der Waals surface area contributed by atoms with Crippen molar-refractivity contribution in [3.05, 3.63) is 0 Å². The highest BCUT2D eigenvalue weighted by molar-refractivity contribution is 5.79. The number of carbonyl (C=O) groups excluding carboxylic acids is 3. The van der Waals surface area contributed by atoms with Crippen LogP contribution in [0.3, 0.4) is 0 Å². The summed E-state index contributed by atoms with van der Waals surface area (Å²) in [6, 6.07) is 0. The van der Waals surface area contributed by atoms with Crippen molar-refractivity contribution in [3.63, 3.8) is 0 Å². The lowest BCUT2D eigenvalue weighted by Gasteiger charge is -2.34. The molecule has 120 valence electrons. The maximum Gasteiger partial charge on any atom is 0.224 e. The first-order chi connectivity index (χ1) is 9.95. The van der Waals surface area contributed by atoms with Gasteiger partial charge >= 0.3 is 0 Å². The number of carbonyl (C=O) groups is 3. The van der Waals surface area contributed by atoms with E-state index in [-0.39, 0.29) is 17.7 Å². The number of ether oxygens (including phenoxy) is 1. The van der Waals surface area contributed by atoms with E-state index in [1.807, 2.05) is 0 Å². The van der Waals surface area contributed by atoms with Crippen LogP contribution < -0.4 is 0 Å². The Morgan fingerprint density at radius 1 is 1.00 bits per heavy atom. The van der Waals surface area contributed by atoms with Gasteiger partial charge in [-0.15, -0.1) is 0 Å². The molecule has 1 aliphatic heterocycles. The maximum absolute atomic E-state index is 12.1. The van der Waals surface area contributed by atoms with E-state index in [9.17, 15) is 14.4 Å². The van der Waals surface area contributed by atoms with Crippen LogP contribution >= 0.6 is 0 Å². The standard InChI is InChI=1S/C14H25N3O4/c1-12(18)15(10-11-21-3)5-4-14(20)17-8-6-16(7-9-17)13(2)19/h4-11H2,1-3H3. The number of piperazine rings is 1. The second-order valence-electron chi connectivity index (χ2n) is 5.14. The molecular weight excluding hydrogens is 274 g/mol. The van der Waals surface area contributed by atoms with E-state index in [4.69, 9.17) is 4.74 Å². The molecule has 7 heteroatoms. The molecule has 0 atom stereocenters. The molecule has 0 bridgehead atoms. The van der Waals surface area contributed by atoms with Crippen LogP contribution in [0.5, 0.6) is 0 Å². The molecule has 1 fully saturated rings. The molecule has 0 saturated carbocycles. The minimum absolute atomic E-state index is 0.0295. The second-order valence-corrected chi connectivity index (χ2v) is 5.14. The minimum Gasteiger partial charge on any atom is -0.383 e. The Hall–Kier alpha value is -1.63. The Morgan fingerprint density at radius 3 is 2.05 bits per heavy atom. The first-order valence-electron chi connectivity index (χ1n) is 7.23. The number of hydrogen-bond donors (Lipinski definition) is 0. The van der Waals surface area contributed by atoms with Gasteiger partial charge in [0, 0.05) is 66.6 Å². The lowest BCUT2D eigenvalue weighted by Crippen LogP contribution is -2.50. The van der Waals surface area contributed by atoms with Crippen LogP contribution in [0.4, 0.5) is 0 Å². The number of nitrogens with zero attached hydrogens (tertiary/aromatic N) is 3. The van der Waals surface area contributed by atoms with Gasteiger partial charge in [0.15, 0.2) is 0 Å². The van der Waals surface area contributed by atoms with Gasteiger partial charge in [-0.3, -0.25) is 14.4 Å². The van der Waals surface area contributed by atoms with Gasteiger partial charge in [0.1, 0.15) is 0 Å². The third-order valence-electron chi connectivity index (χ3n) is 3.68. The lowest BCUT2D eigenvalue weighted by atomic mass is 10.2. The van der Waals surface area contributed by atoms with E-state index in [0.29, 0.717) is 52.3 Å². The molecule has 0 unspecified atom stereocenters. The van der Waals surface area contributed by atoms with Gasteiger partial charge in [0.05, 0.1) is 6.61 Å². The highest BCUT2D eigenvalue weighted by atomic mass is 16.5. The van der Waals surface area contributed by atoms with Crippen molar-refractivity contribution < 1.29 is 19.1 Å². The molecule has 0 spiro atoms. The second kappa shape index (κ2) is 8.61. The van der Waals surface area contributed by atoms with Crippen LogP contribution in [0.2, 0.25) is 0 Å². The number of amides is 3. The number of hydrogen-bond acceptors (Lipinski definition) is 4. The topological polar surface area (TPSA) is 70.2 Å². The third kappa shape index (κ3) is 5.71. The zero-order valence-corrected chi connectivity index (χ0v) is 13.1. The van der Waals surface area contributed by atoms with Crippen LogP contribution in [0, 0.1) is 0 Å². The Balaban J connectivity index is 2.36. The van der Waals surface area contributed by atoms with Gasteiger partial charge in [0.2, 0.25) is 17.7 Å². The largest absolute Gasteiger partial charge is 0.383 e. The summed E-state index contributed by atoms with van der Waals surface area (Å²) in [6.45, 7) is 6.70. The molecule has 1 rings (SSSR count). The molecule has 0 aromatic carbocycles. The molecule has 0 aliphatic carbocycles. The van der Waals surface area contributed by atoms with Crippen molar-refractivity contribution in [2.45, 2.75) is 20.3 Å². The smallest absolute Gasteiger partial charge is 0.224 e.